The molecule has 1 rings (SSSR count). The lowest BCUT2D eigenvalue weighted by Gasteiger charge is -2.08. The number of ether oxygens (including phenoxy) is 1. The predicted octanol–water partition coefficient (Wildman–Crippen LogP) is 2.07. The van der Waals surface area contributed by atoms with Crippen molar-refractivity contribution in [1.29, 1.82) is 0 Å². The molecule has 0 heterocycles. The van der Waals surface area contributed by atoms with E-state index < -0.39 is 11.7 Å². The van der Waals surface area contributed by atoms with Crippen molar-refractivity contribution < 1.29 is 17.9 Å². The number of nitrogens with one attached hydrogen (secondary N) is 2. The first kappa shape index (κ1) is 16.9. The van der Waals surface area contributed by atoms with Crippen molar-refractivity contribution in [2.24, 2.45) is 0 Å². The van der Waals surface area contributed by atoms with Gasteiger partial charge in [0.05, 0.1) is 12.2 Å². The zero-order valence-corrected chi connectivity index (χ0v) is 11.6. The fraction of sp³-hybridized carbons (Fsp3) is 0.571. The van der Waals surface area contributed by atoms with Crippen LogP contribution in [-0.4, -0.2) is 39.9 Å². The zero-order chi connectivity index (χ0) is 14.8. The van der Waals surface area contributed by atoms with Gasteiger partial charge < -0.3 is 15.4 Å². The Kier molecular flexibility index (Phi) is 7.58. The van der Waals surface area contributed by atoms with Gasteiger partial charge in [0.25, 0.3) is 0 Å². The van der Waals surface area contributed by atoms with E-state index in [1.54, 1.807) is 7.11 Å². The van der Waals surface area contributed by atoms with E-state index in [0.29, 0.717) is 6.61 Å². The summed E-state index contributed by atoms with van der Waals surface area (Å²) in [5.74, 6) is 0. The van der Waals surface area contributed by atoms with Crippen LogP contribution in [-0.2, 0) is 17.3 Å². The molecule has 0 radical (unpaired) electrons. The number of halogens is 3. The molecule has 6 heteroatoms. The largest absolute Gasteiger partial charge is 0.416 e. The summed E-state index contributed by atoms with van der Waals surface area (Å²) < 4.78 is 42.0. The third kappa shape index (κ3) is 6.88. The molecule has 3 nitrogen and oxygen atoms in total. The van der Waals surface area contributed by atoms with Crippen molar-refractivity contribution in [3.8, 4) is 0 Å². The lowest BCUT2D eigenvalue weighted by molar-refractivity contribution is -0.137. The Bertz CT molecular complexity index is 366. The Balaban J connectivity index is 2.13. The number of hydrogen-bond acceptors (Lipinski definition) is 3. The van der Waals surface area contributed by atoms with Gasteiger partial charge in [-0.15, -0.1) is 0 Å². The predicted molar refractivity (Wildman–Crippen MR) is 72.8 cm³/mol. The highest BCUT2D eigenvalue weighted by atomic mass is 19.4. The molecule has 0 bridgehead atoms. The maximum atomic E-state index is 12.4. The van der Waals surface area contributed by atoms with Gasteiger partial charge in [0.1, 0.15) is 0 Å². The molecular formula is C14H21F3N2O. The number of hydrogen-bond donors (Lipinski definition) is 2. The summed E-state index contributed by atoms with van der Waals surface area (Å²) in [6.07, 6.45) is -3.54. The Morgan fingerprint density at radius 3 is 2.10 bits per heavy atom. The van der Waals surface area contributed by atoms with E-state index >= 15 is 0 Å². The molecule has 0 fully saturated rings. The summed E-state index contributed by atoms with van der Waals surface area (Å²) in [7, 11) is 1.66. The number of alkyl halides is 3. The molecule has 0 saturated heterocycles. The van der Waals surface area contributed by atoms with E-state index in [1.807, 2.05) is 0 Å². The standard InChI is InChI=1S/C14H21F3N2O/c1-20-11-10-19-9-8-18-7-6-12-2-4-13(5-3-12)14(15,16)17/h2-5,18-19H,6-11H2,1H3. The summed E-state index contributed by atoms with van der Waals surface area (Å²) >= 11 is 0. The molecule has 0 unspecified atom stereocenters. The lowest BCUT2D eigenvalue weighted by atomic mass is 10.1. The van der Waals surface area contributed by atoms with Crippen LogP contribution in [0, 0.1) is 0 Å². The van der Waals surface area contributed by atoms with Gasteiger partial charge in [0, 0.05) is 26.7 Å². The van der Waals surface area contributed by atoms with Gasteiger partial charge in [0.15, 0.2) is 0 Å². The molecular weight excluding hydrogens is 269 g/mol. The summed E-state index contributed by atoms with van der Waals surface area (Å²) in [5.41, 5.74) is 0.300. The molecule has 2 N–H and O–H groups in total. The van der Waals surface area contributed by atoms with Crippen LogP contribution in [0.3, 0.4) is 0 Å². The first-order valence-corrected chi connectivity index (χ1v) is 6.60. The molecule has 114 valence electrons. The third-order valence-electron chi connectivity index (χ3n) is 2.83. The van der Waals surface area contributed by atoms with Gasteiger partial charge in [-0.3, -0.25) is 0 Å². The fourth-order valence-electron chi connectivity index (χ4n) is 1.69. The van der Waals surface area contributed by atoms with Gasteiger partial charge >= 0.3 is 6.18 Å². The Morgan fingerprint density at radius 2 is 1.55 bits per heavy atom. The lowest BCUT2D eigenvalue weighted by Crippen LogP contribution is -2.30. The van der Waals surface area contributed by atoms with E-state index in [9.17, 15) is 13.2 Å². The molecule has 0 saturated carbocycles. The number of methoxy groups -OCH3 is 1. The van der Waals surface area contributed by atoms with Gasteiger partial charge in [-0.05, 0) is 30.7 Å². The SMILES string of the molecule is COCCNCCNCCc1ccc(C(F)(F)F)cc1. The van der Waals surface area contributed by atoms with Crippen LogP contribution in [0.2, 0.25) is 0 Å². The first-order valence-electron chi connectivity index (χ1n) is 6.60. The monoisotopic (exact) mass is 290 g/mol. The van der Waals surface area contributed by atoms with E-state index in [2.05, 4.69) is 10.6 Å². The van der Waals surface area contributed by atoms with Crippen molar-refractivity contribution in [3.05, 3.63) is 35.4 Å². The van der Waals surface area contributed by atoms with Crippen LogP contribution in [0.1, 0.15) is 11.1 Å². The summed E-state index contributed by atoms with van der Waals surface area (Å²) in [5, 5.41) is 6.43. The molecule has 0 spiro atoms. The van der Waals surface area contributed by atoms with Gasteiger partial charge in [-0.1, -0.05) is 12.1 Å². The van der Waals surface area contributed by atoms with Crippen LogP contribution in [0.15, 0.2) is 24.3 Å². The third-order valence-corrected chi connectivity index (χ3v) is 2.83. The molecule has 0 aliphatic carbocycles. The second-order valence-electron chi connectivity index (χ2n) is 4.44. The summed E-state index contributed by atoms with van der Waals surface area (Å²) in [6, 6.07) is 5.31. The molecule has 0 atom stereocenters. The van der Waals surface area contributed by atoms with Crippen LogP contribution in [0.4, 0.5) is 13.2 Å². The fourth-order valence-corrected chi connectivity index (χ4v) is 1.69. The van der Waals surface area contributed by atoms with Crippen molar-refractivity contribution in [2.75, 3.05) is 39.9 Å². The Morgan fingerprint density at radius 1 is 0.950 bits per heavy atom. The normalized spacial score (nSPS) is 11.8. The van der Waals surface area contributed by atoms with Gasteiger partial charge in [-0.2, -0.15) is 13.2 Å². The van der Waals surface area contributed by atoms with Crippen molar-refractivity contribution in [1.82, 2.24) is 10.6 Å². The van der Waals surface area contributed by atoms with E-state index in [0.717, 1.165) is 50.3 Å². The topological polar surface area (TPSA) is 33.3 Å². The summed E-state index contributed by atoms with van der Waals surface area (Å²) in [6.45, 7) is 3.92. The second kappa shape index (κ2) is 8.94. The van der Waals surface area contributed by atoms with Crippen molar-refractivity contribution in [2.45, 2.75) is 12.6 Å². The highest BCUT2D eigenvalue weighted by molar-refractivity contribution is 5.24. The molecule has 0 aromatic heterocycles. The first-order chi connectivity index (χ1) is 9.54. The highest BCUT2D eigenvalue weighted by Crippen LogP contribution is 2.29. The number of benzene rings is 1. The van der Waals surface area contributed by atoms with Crippen LogP contribution in [0.25, 0.3) is 0 Å². The summed E-state index contributed by atoms with van der Waals surface area (Å²) in [4.78, 5) is 0. The van der Waals surface area contributed by atoms with Crippen LogP contribution >= 0.6 is 0 Å². The minimum Gasteiger partial charge on any atom is -0.383 e. The van der Waals surface area contributed by atoms with Crippen molar-refractivity contribution in [3.63, 3.8) is 0 Å². The average Bonchev–Trinajstić information content (AvgIpc) is 2.41. The van der Waals surface area contributed by atoms with E-state index in [4.69, 9.17) is 4.74 Å². The molecule has 1 aromatic carbocycles. The smallest absolute Gasteiger partial charge is 0.383 e. The average molecular weight is 290 g/mol. The minimum absolute atomic E-state index is 0.600. The molecule has 0 amide bonds. The van der Waals surface area contributed by atoms with Crippen molar-refractivity contribution >= 4 is 0 Å². The molecule has 0 aliphatic rings. The minimum atomic E-state index is -4.26. The van der Waals surface area contributed by atoms with Crippen LogP contribution in [0.5, 0.6) is 0 Å². The molecule has 1 aromatic rings. The van der Waals surface area contributed by atoms with E-state index in [-0.39, 0.29) is 0 Å². The number of rotatable bonds is 9. The molecule has 0 aliphatic heterocycles. The second-order valence-corrected chi connectivity index (χ2v) is 4.44. The van der Waals surface area contributed by atoms with Crippen LogP contribution < -0.4 is 10.6 Å². The quantitative estimate of drug-likeness (QED) is 0.683. The Hall–Kier alpha value is -1.11. The highest BCUT2D eigenvalue weighted by Gasteiger charge is 2.29. The van der Waals surface area contributed by atoms with Gasteiger partial charge in [0.2, 0.25) is 0 Å². The molecule has 20 heavy (non-hydrogen) atoms. The van der Waals surface area contributed by atoms with E-state index in [1.165, 1.54) is 12.1 Å². The maximum absolute atomic E-state index is 12.4. The maximum Gasteiger partial charge on any atom is 0.416 e. The zero-order valence-electron chi connectivity index (χ0n) is 11.6. The Labute approximate surface area is 117 Å². The van der Waals surface area contributed by atoms with Gasteiger partial charge in [-0.25, -0.2) is 0 Å².